The van der Waals surface area contributed by atoms with Crippen LogP contribution < -0.4 is 25.6 Å². The second-order valence-corrected chi connectivity index (χ2v) is 20.0. The van der Waals surface area contributed by atoms with Crippen LogP contribution in [0.4, 0.5) is 33.6 Å². The first kappa shape index (κ1) is 42.1. The van der Waals surface area contributed by atoms with Gasteiger partial charge in [0.1, 0.15) is 17.2 Å². The zero-order valence-electron chi connectivity index (χ0n) is 35.7. The fourth-order valence-electron chi connectivity index (χ4n) is 8.45. The van der Waals surface area contributed by atoms with E-state index in [1.165, 1.54) is 0 Å². The van der Waals surface area contributed by atoms with Gasteiger partial charge in [-0.2, -0.15) is 10.1 Å². The van der Waals surface area contributed by atoms with E-state index < -0.39 is 13.5 Å². The highest BCUT2D eigenvalue weighted by atomic mass is 79.9. The molecule has 6 heterocycles. The number of hydrogen-bond donors (Lipinski definition) is 2. The molecule has 2 N–H and O–H groups in total. The van der Waals surface area contributed by atoms with Crippen molar-refractivity contribution in [3.05, 3.63) is 59.7 Å². The largest absolute Gasteiger partial charge is 0.494 e. The van der Waals surface area contributed by atoms with Crippen LogP contribution in [0, 0.1) is 0 Å². The summed E-state index contributed by atoms with van der Waals surface area (Å²) in [4.78, 5) is 40.8. The molecular formula is C43H56BrN12O3P. The summed E-state index contributed by atoms with van der Waals surface area (Å²) in [6, 6.07) is 9.29. The van der Waals surface area contributed by atoms with Crippen LogP contribution in [-0.2, 0) is 11.3 Å². The van der Waals surface area contributed by atoms with Gasteiger partial charge < -0.3 is 29.9 Å². The van der Waals surface area contributed by atoms with Gasteiger partial charge in [0.2, 0.25) is 5.95 Å². The van der Waals surface area contributed by atoms with Crippen molar-refractivity contribution in [1.29, 1.82) is 0 Å². The number of aromatic nitrogens is 6. The lowest BCUT2D eigenvalue weighted by Crippen LogP contribution is -2.63. The van der Waals surface area contributed by atoms with Crippen molar-refractivity contribution >= 4 is 75.1 Å². The van der Waals surface area contributed by atoms with E-state index in [4.69, 9.17) is 14.5 Å². The van der Waals surface area contributed by atoms with Gasteiger partial charge in [0.15, 0.2) is 0 Å². The molecule has 15 nitrogen and oxygen atoms in total. The van der Waals surface area contributed by atoms with Crippen molar-refractivity contribution in [2.45, 2.75) is 64.8 Å². The molecule has 5 aromatic rings. The molecule has 0 unspecified atom stereocenters. The van der Waals surface area contributed by atoms with Gasteiger partial charge in [-0.1, -0.05) is 7.92 Å². The minimum atomic E-state index is -0.510. The third-order valence-electron chi connectivity index (χ3n) is 11.6. The number of methoxy groups -OCH3 is 1. The van der Waals surface area contributed by atoms with Gasteiger partial charge in [-0.15, -0.1) is 0 Å². The number of likely N-dealkylation sites (tertiary alicyclic amines) is 2. The molecule has 60 heavy (non-hydrogen) atoms. The summed E-state index contributed by atoms with van der Waals surface area (Å²) in [5.41, 5.74) is 6.21. The Balaban J connectivity index is 0.964. The zero-order valence-corrected chi connectivity index (χ0v) is 38.1. The molecule has 2 aromatic carbocycles. The van der Waals surface area contributed by atoms with Crippen LogP contribution in [0.1, 0.15) is 40.5 Å². The number of carbonyl (C=O) groups excluding carboxylic acids is 1. The number of halogens is 1. The molecule has 3 fully saturated rings. The zero-order chi connectivity index (χ0) is 42.1. The summed E-state index contributed by atoms with van der Waals surface area (Å²) in [5.74, 6) is 1.76. The van der Waals surface area contributed by atoms with Crippen molar-refractivity contribution in [3.8, 4) is 16.9 Å². The van der Waals surface area contributed by atoms with Crippen molar-refractivity contribution < 1.29 is 14.3 Å². The maximum absolute atomic E-state index is 12.5. The van der Waals surface area contributed by atoms with E-state index in [2.05, 4.69) is 99.9 Å². The Bertz CT molecular complexity index is 2310. The predicted molar refractivity (Wildman–Crippen MR) is 244 cm³/mol. The summed E-state index contributed by atoms with van der Waals surface area (Å²) >= 11 is 3.68. The smallest absolute Gasteiger partial charge is 0.410 e. The van der Waals surface area contributed by atoms with E-state index in [1.807, 2.05) is 48.7 Å². The van der Waals surface area contributed by atoms with Gasteiger partial charge >= 0.3 is 6.09 Å². The van der Waals surface area contributed by atoms with E-state index in [9.17, 15) is 4.79 Å². The van der Waals surface area contributed by atoms with Gasteiger partial charge in [-0.05, 0) is 88.0 Å². The quantitative estimate of drug-likeness (QED) is 0.130. The first-order valence-electron chi connectivity index (χ1n) is 20.8. The number of ether oxygens (including phenoxy) is 2. The lowest BCUT2D eigenvalue weighted by Gasteiger charge is -2.49. The number of anilines is 5. The number of fused-ring (bicyclic) bond motifs is 1. The number of hydrogen-bond acceptors (Lipinski definition) is 13. The molecular weight excluding hydrogens is 843 g/mol. The summed E-state index contributed by atoms with van der Waals surface area (Å²) < 4.78 is 14.3. The minimum Gasteiger partial charge on any atom is -0.494 e. The molecule has 0 saturated carbocycles. The Labute approximate surface area is 362 Å². The minimum absolute atomic E-state index is 0.201. The van der Waals surface area contributed by atoms with Gasteiger partial charge in [-0.3, -0.25) is 24.4 Å². The number of benzene rings is 2. The summed E-state index contributed by atoms with van der Waals surface area (Å²) in [6.07, 6.45) is 11.3. The molecule has 0 aliphatic carbocycles. The van der Waals surface area contributed by atoms with Crippen LogP contribution in [0.3, 0.4) is 0 Å². The Kier molecular flexibility index (Phi) is 12.5. The predicted octanol–water partition coefficient (Wildman–Crippen LogP) is 7.13. The van der Waals surface area contributed by atoms with E-state index in [0.717, 1.165) is 121 Å². The first-order valence-corrected chi connectivity index (χ1v) is 23.8. The number of amides is 1. The first-order chi connectivity index (χ1) is 28.9. The maximum atomic E-state index is 12.5. The number of nitrogens with zero attached hydrogens (tertiary/aromatic N) is 10. The number of piperidine rings is 1. The molecule has 0 atom stereocenters. The van der Waals surface area contributed by atoms with E-state index in [-0.39, 0.29) is 6.09 Å². The maximum Gasteiger partial charge on any atom is 0.410 e. The molecule has 0 bridgehead atoms. The summed E-state index contributed by atoms with van der Waals surface area (Å²) in [6.45, 7) is 20.5. The second kappa shape index (κ2) is 17.8. The van der Waals surface area contributed by atoms with Crippen LogP contribution in [0.5, 0.6) is 5.75 Å². The van der Waals surface area contributed by atoms with Crippen LogP contribution in [0.15, 0.2) is 59.7 Å². The monoisotopic (exact) mass is 898 g/mol. The molecule has 8 rings (SSSR count). The highest BCUT2D eigenvalue weighted by Gasteiger charge is 2.39. The van der Waals surface area contributed by atoms with Gasteiger partial charge in [-0.25, -0.2) is 9.78 Å². The molecule has 1 amide bonds. The molecule has 3 saturated heterocycles. The van der Waals surface area contributed by atoms with E-state index >= 15 is 0 Å². The number of nitrogens with one attached hydrogen (secondary N) is 2. The average Bonchev–Trinajstić information content (AvgIpc) is 3.70. The Hall–Kier alpha value is -4.63. The van der Waals surface area contributed by atoms with Gasteiger partial charge in [0.25, 0.3) is 0 Å². The van der Waals surface area contributed by atoms with Crippen LogP contribution in [-0.4, -0.2) is 141 Å². The number of aryl methyl sites for hydroxylation is 1. The lowest BCUT2D eigenvalue weighted by molar-refractivity contribution is -0.0247. The van der Waals surface area contributed by atoms with Crippen LogP contribution >= 0.6 is 23.9 Å². The van der Waals surface area contributed by atoms with Crippen molar-refractivity contribution in [3.63, 3.8) is 0 Å². The fraction of sp³-hybridized carbons (Fsp3) is 0.488. The Morgan fingerprint density at radius 1 is 0.917 bits per heavy atom. The second-order valence-electron chi connectivity index (χ2n) is 16.9. The number of carbonyl (C=O) groups is 1. The SMILES string of the molecule is CCn1cc(-c2cc(Nc3ncc(Br)c(Nc4ccc5nccnc5c4P(C)C)n3)c(OC)cc2N2CCN(C3CCN(C4CN(C(=O)OC(C)(C)C)C4)CC3)CC2)cn1. The summed E-state index contributed by atoms with van der Waals surface area (Å²) in [7, 11) is 1.19. The van der Waals surface area contributed by atoms with Gasteiger partial charge in [0.05, 0.1) is 34.5 Å². The third kappa shape index (κ3) is 9.17. The standard InChI is InChI=1S/C43H56BrN12O3P/c1-8-56-25-28(23-48-56)31-21-35(50-41-47-24-32(44)40(51-41)49-34-10-9-33-38(39(34)60(6)7)46-14-13-45-33)37(58-5)22-36(31)54-19-17-53(18-20-54)29-11-15-52(16-12-29)30-26-55(27-30)42(57)59-43(2,3)4/h9-10,13-14,21-25,29-30H,8,11-12,15-20,26-27H2,1-7H3,(H2,47,49,50,51). The van der Waals surface area contributed by atoms with Crippen LogP contribution in [0.2, 0.25) is 0 Å². The molecule has 3 aliphatic heterocycles. The number of rotatable bonds is 11. The molecule has 3 aromatic heterocycles. The highest BCUT2D eigenvalue weighted by Crippen LogP contribution is 2.41. The van der Waals surface area contributed by atoms with Crippen molar-refractivity contribution in [2.24, 2.45) is 0 Å². The van der Waals surface area contributed by atoms with Crippen LogP contribution in [0.25, 0.3) is 22.2 Å². The highest BCUT2D eigenvalue weighted by molar-refractivity contribution is 9.10. The van der Waals surface area contributed by atoms with E-state index in [0.29, 0.717) is 29.6 Å². The van der Waals surface area contributed by atoms with E-state index in [1.54, 1.807) is 25.7 Å². The molecule has 0 radical (unpaired) electrons. The van der Waals surface area contributed by atoms with Crippen molar-refractivity contribution in [1.82, 2.24) is 44.4 Å². The molecule has 318 valence electrons. The normalized spacial score (nSPS) is 17.3. The molecule has 17 heteroatoms. The van der Waals surface area contributed by atoms with Gasteiger partial charge in [0, 0.05) is 130 Å². The molecule has 0 spiro atoms. The fourth-order valence-corrected chi connectivity index (χ4v) is 9.95. The third-order valence-corrected chi connectivity index (χ3v) is 13.5. The van der Waals surface area contributed by atoms with Crippen molar-refractivity contribution in [2.75, 3.05) is 88.3 Å². The topological polar surface area (TPSA) is 142 Å². The number of piperazine rings is 1. The molecule has 3 aliphatic rings. The summed E-state index contributed by atoms with van der Waals surface area (Å²) in [5, 5.41) is 12.8. The average molecular weight is 900 g/mol. The lowest BCUT2D eigenvalue weighted by atomic mass is 9.98. The Morgan fingerprint density at radius 3 is 2.33 bits per heavy atom. The Morgan fingerprint density at radius 2 is 1.65 bits per heavy atom.